The second-order valence-corrected chi connectivity index (χ2v) is 8.00. The number of piperidine rings is 1. The molecule has 3 aliphatic rings. The minimum atomic E-state index is 0.570. The number of anilines is 1. The highest BCUT2D eigenvalue weighted by atomic mass is 79.9. The first-order chi connectivity index (χ1) is 11.1. The summed E-state index contributed by atoms with van der Waals surface area (Å²) in [5, 5.41) is 0. The minimum Gasteiger partial charge on any atom is -0.335 e. The van der Waals surface area contributed by atoms with Crippen LogP contribution in [-0.2, 0) is 6.42 Å². The molecule has 1 aromatic carbocycles. The van der Waals surface area contributed by atoms with Crippen LogP contribution in [0.5, 0.6) is 0 Å². The standard InChI is InChI=1S/C19H24BrN3/c1-12-15-7-5-9-23-16(14-6-4-8-22(3)11-14)10-21-18(19(15)23)13(2)17(12)20/h14H,4-9,11H2,1-3H3. The molecule has 3 heterocycles. The van der Waals surface area contributed by atoms with Gasteiger partial charge in [-0.25, -0.2) is 4.99 Å². The first kappa shape index (κ1) is 15.4. The lowest BCUT2D eigenvalue weighted by molar-refractivity contribution is 0.229. The Balaban J connectivity index is 1.85. The van der Waals surface area contributed by atoms with E-state index in [0.717, 1.165) is 25.2 Å². The Bertz CT molecular complexity index is 731. The van der Waals surface area contributed by atoms with E-state index in [0.29, 0.717) is 5.92 Å². The fourth-order valence-electron chi connectivity index (χ4n) is 4.39. The maximum absolute atomic E-state index is 4.79. The lowest BCUT2D eigenvalue weighted by Crippen LogP contribution is -2.40. The van der Waals surface area contributed by atoms with Gasteiger partial charge in [-0.15, -0.1) is 0 Å². The van der Waals surface area contributed by atoms with Gasteiger partial charge in [0, 0.05) is 29.3 Å². The summed E-state index contributed by atoms with van der Waals surface area (Å²) in [4.78, 5) is 9.78. The lowest BCUT2D eigenvalue weighted by atomic mass is 9.88. The molecule has 0 aromatic heterocycles. The Morgan fingerprint density at radius 3 is 2.78 bits per heavy atom. The number of rotatable bonds is 1. The zero-order valence-corrected chi connectivity index (χ0v) is 15.8. The van der Waals surface area contributed by atoms with E-state index in [1.54, 1.807) is 0 Å². The quantitative estimate of drug-likeness (QED) is 0.728. The highest BCUT2D eigenvalue weighted by molar-refractivity contribution is 9.10. The van der Waals surface area contributed by atoms with E-state index in [2.05, 4.69) is 52.5 Å². The number of likely N-dealkylation sites (tertiary alicyclic amines) is 1. The van der Waals surface area contributed by atoms with Gasteiger partial charge in [0.25, 0.3) is 0 Å². The van der Waals surface area contributed by atoms with Gasteiger partial charge in [-0.3, -0.25) is 0 Å². The van der Waals surface area contributed by atoms with Crippen molar-refractivity contribution >= 4 is 33.2 Å². The van der Waals surface area contributed by atoms with Gasteiger partial charge in [0.2, 0.25) is 0 Å². The molecular weight excluding hydrogens is 350 g/mol. The summed E-state index contributed by atoms with van der Waals surface area (Å²) in [6.45, 7) is 7.87. The molecule has 4 rings (SSSR count). The summed E-state index contributed by atoms with van der Waals surface area (Å²) in [6, 6.07) is 0. The van der Waals surface area contributed by atoms with Crippen LogP contribution in [0.2, 0.25) is 0 Å². The maximum Gasteiger partial charge on any atom is 0.101 e. The topological polar surface area (TPSA) is 18.8 Å². The van der Waals surface area contributed by atoms with Crippen molar-refractivity contribution in [3.8, 4) is 0 Å². The monoisotopic (exact) mass is 373 g/mol. The van der Waals surface area contributed by atoms with E-state index in [-0.39, 0.29) is 0 Å². The molecule has 0 saturated carbocycles. The number of aliphatic imine (C=N–C) groups is 1. The maximum atomic E-state index is 4.79. The van der Waals surface area contributed by atoms with Crippen LogP contribution in [0, 0.1) is 19.8 Å². The summed E-state index contributed by atoms with van der Waals surface area (Å²) < 4.78 is 1.22. The van der Waals surface area contributed by atoms with E-state index in [9.17, 15) is 0 Å². The van der Waals surface area contributed by atoms with Gasteiger partial charge >= 0.3 is 0 Å². The van der Waals surface area contributed by atoms with Crippen molar-refractivity contribution in [1.82, 2.24) is 4.90 Å². The number of hydrogen-bond acceptors (Lipinski definition) is 3. The molecule has 0 radical (unpaired) electrons. The second-order valence-electron chi connectivity index (χ2n) is 7.21. The van der Waals surface area contributed by atoms with Crippen molar-refractivity contribution in [3.63, 3.8) is 0 Å². The van der Waals surface area contributed by atoms with Gasteiger partial charge in [-0.05, 0) is 69.8 Å². The SMILES string of the molecule is Cc1c(Br)c(C)c2c3c1CCCN3C(C1CCCN(C)C1)=C=N2. The van der Waals surface area contributed by atoms with E-state index in [1.165, 1.54) is 58.4 Å². The first-order valence-electron chi connectivity index (χ1n) is 8.69. The largest absolute Gasteiger partial charge is 0.335 e. The van der Waals surface area contributed by atoms with E-state index < -0.39 is 0 Å². The van der Waals surface area contributed by atoms with Gasteiger partial charge in [-0.1, -0.05) is 15.9 Å². The zero-order chi connectivity index (χ0) is 16.1. The van der Waals surface area contributed by atoms with Crippen LogP contribution in [0.3, 0.4) is 0 Å². The third kappa shape index (κ3) is 2.39. The highest BCUT2D eigenvalue weighted by Gasteiger charge is 2.33. The smallest absolute Gasteiger partial charge is 0.101 e. The number of hydrogen-bond donors (Lipinski definition) is 0. The molecule has 0 aliphatic carbocycles. The van der Waals surface area contributed by atoms with Crippen LogP contribution >= 0.6 is 15.9 Å². The molecule has 0 bridgehead atoms. The minimum absolute atomic E-state index is 0.570. The third-order valence-corrected chi connectivity index (χ3v) is 6.83. The predicted octanol–water partition coefficient (Wildman–Crippen LogP) is 4.36. The molecule has 1 atom stereocenters. The van der Waals surface area contributed by atoms with Gasteiger partial charge in [0.05, 0.1) is 11.4 Å². The molecular formula is C19H24BrN3. The van der Waals surface area contributed by atoms with Crippen molar-refractivity contribution in [1.29, 1.82) is 0 Å². The van der Waals surface area contributed by atoms with Gasteiger partial charge in [0.1, 0.15) is 5.69 Å². The molecule has 0 amide bonds. The number of halogens is 1. The van der Waals surface area contributed by atoms with Crippen molar-refractivity contribution in [3.05, 3.63) is 26.9 Å². The Kier molecular flexibility index (Phi) is 3.87. The Morgan fingerprint density at radius 2 is 2.00 bits per heavy atom. The zero-order valence-electron chi connectivity index (χ0n) is 14.2. The molecule has 23 heavy (non-hydrogen) atoms. The molecule has 1 unspecified atom stereocenters. The van der Waals surface area contributed by atoms with Crippen LogP contribution in [-0.4, -0.2) is 37.5 Å². The normalized spacial score (nSPS) is 23.7. The summed E-state index contributed by atoms with van der Waals surface area (Å²) in [5.41, 5.74) is 7.95. The highest BCUT2D eigenvalue weighted by Crippen LogP contribution is 2.48. The fraction of sp³-hybridized carbons (Fsp3) is 0.579. The summed E-state index contributed by atoms with van der Waals surface area (Å²) in [5.74, 6) is 4.01. The van der Waals surface area contributed by atoms with E-state index >= 15 is 0 Å². The van der Waals surface area contributed by atoms with Crippen LogP contribution in [0.1, 0.15) is 36.0 Å². The molecule has 3 aliphatic heterocycles. The number of benzene rings is 1. The van der Waals surface area contributed by atoms with Crippen LogP contribution < -0.4 is 4.90 Å². The van der Waals surface area contributed by atoms with Crippen LogP contribution in [0.4, 0.5) is 11.4 Å². The molecule has 1 aromatic rings. The molecule has 1 saturated heterocycles. The second kappa shape index (κ2) is 5.77. The van der Waals surface area contributed by atoms with E-state index in [1.807, 2.05) is 0 Å². The Morgan fingerprint density at radius 1 is 1.17 bits per heavy atom. The van der Waals surface area contributed by atoms with Gasteiger partial charge < -0.3 is 9.80 Å². The average molecular weight is 374 g/mol. The van der Waals surface area contributed by atoms with Crippen molar-refractivity contribution in [2.24, 2.45) is 10.9 Å². The predicted molar refractivity (Wildman–Crippen MR) is 100 cm³/mol. The molecule has 0 spiro atoms. The lowest BCUT2D eigenvalue weighted by Gasteiger charge is -2.41. The molecule has 1 fully saturated rings. The van der Waals surface area contributed by atoms with Crippen LogP contribution in [0.25, 0.3) is 0 Å². The summed E-state index contributed by atoms with van der Waals surface area (Å²) >= 11 is 3.77. The molecule has 4 heteroatoms. The fourth-order valence-corrected chi connectivity index (χ4v) is 4.82. The Hall–Kier alpha value is -1.09. The van der Waals surface area contributed by atoms with Crippen LogP contribution in [0.15, 0.2) is 15.2 Å². The van der Waals surface area contributed by atoms with E-state index in [4.69, 9.17) is 4.99 Å². The number of nitrogens with zero attached hydrogens (tertiary/aromatic N) is 3. The van der Waals surface area contributed by atoms with Crippen molar-refractivity contribution in [2.45, 2.75) is 39.5 Å². The molecule has 3 nitrogen and oxygen atoms in total. The van der Waals surface area contributed by atoms with Gasteiger partial charge in [0.15, 0.2) is 0 Å². The summed E-state index contributed by atoms with van der Waals surface area (Å²) in [6.07, 6.45) is 4.92. The third-order valence-electron chi connectivity index (χ3n) is 5.64. The van der Waals surface area contributed by atoms with Gasteiger partial charge in [-0.2, -0.15) is 0 Å². The molecule has 122 valence electrons. The van der Waals surface area contributed by atoms with Crippen molar-refractivity contribution < 1.29 is 0 Å². The van der Waals surface area contributed by atoms with Crippen molar-refractivity contribution in [2.75, 3.05) is 31.6 Å². The summed E-state index contributed by atoms with van der Waals surface area (Å²) in [7, 11) is 2.23. The first-order valence-corrected chi connectivity index (χ1v) is 9.48. The average Bonchev–Trinajstić information content (AvgIpc) is 2.57. The Labute approximate surface area is 147 Å². The molecule has 0 N–H and O–H groups in total.